The molecule has 0 aromatic heterocycles. The van der Waals surface area contributed by atoms with E-state index in [2.05, 4.69) is 5.87 Å². The molecule has 0 saturated heterocycles. The third-order valence-electron chi connectivity index (χ3n) is 3.59. The van der Waals surface area contributed by atoms with E-state index in [0.29, 0.717) is 30.6 Å². The molecule has 6 heteroatoms. The molecule has 0 N–H and O–H groups in total. The van der Waals surface area contributed by atoms with Crippen LogP contribution in [0.4, 0.5) is 0 Å². The summed E-state index contributed by atoms with van der Waals surface area (Å²) in [7, 11) is 0.840. The molecule has 0 aliphatic heterocycles. The lowest BCUT2D eigenvalue weighted by molar-refractivity contribution is -0.890. The van der Waals surface area contributed by atoms with Crippen LogP contribution in [0.3, 0.4) is 0 Å². The van der Waals surface area contributed by atoms with Crippen molar-refractivity contribution >= 4 is 21.6 Å². The Bertz CT molecular complexity index is 413. The summed E-state index contributed by atoms with van der Waals surface area (Å²) in [4.78, 5) is 11.8. The average Bonchev–Trinajstić information content (AvgIpc) is 2.26. The molecule has 0 aromatic rings. The van der Waals surface area contributed by atoms with Crippen LogP contribution in [-0.4, -0.2) is 64.6 Å². The van der Waals surface area contributed by atoms with Gasteiger partial charge in [0.25, 0.3) is 0 Å². The maximum Gasteiger partial charge on any atom is 0.311 e. The first-order valence-electron chi connectivity index (χ1n) is 6.95. The van der Waals surface area contributed by atoms with E-state index in [9.17, 15) is 13.6 Å². The van der Waals surface area contributed by atoms with Gasteiger partial charge in [-0.1, -0.05) is 22.6 Å². The normalized spacial score (nSPS) is 15.7. The smallest absolute Gasteiger partial charge is 0.311 e. The maximum atomic E-state index is 11.8. The number of hydrogen-bond donors (Lipinski definition) is 0. The van der Waals surface area contributed by atoms with E-state index in [1.807, 2.05) is 34.9 Å². The first kappa shape index (κ1) is 19.4. The largest absolute Gasteiger partial charge is 0.778 e. The minimum absolute atomic E-state index is 0.0946. The van der Waals surface area contributed by atoms with E-state index in [1.54, 1.807) is 0 Å². The first-order chi connectivity index (χ1) is 8.90. The number of quaternary nitrogens is 1. The van der Waals surface area contributed by atoms with Gasteiger partial charge in [-0.2, -0.15) is 0 Å². The molecule has 1 unspecified atom stereocenters. The Morgan fingerprint density at radius 3 is 2.35 bits per heavy atom. The van der Waals surface area contributed by atoms with Crippen LogP contribution in [0, 0.1) is 5.41 Å². The third-order valence-corrected chi connectivity index (χ3v) is 4.50. The third kappa shape index (κ3) is 8.55. The fourth-order valence-corrected chi connectivity index (χ4v) is 2.12. The molecule has 0 spiro atoms. The van der Waals surface area contributed by atoms with E-state index in [0.717, 1.165) is 6.42 Å². The monoisotopic (exact) mass is 307 g/mol. The number of likely N-dealkylation sites (N-methyl/N-ethyl adjacent to an activating group) is 1. The van der Waals surface area contributed by atoms with Gasteiger partial charge in [0.2, 0.25) is 0 Å². The number of esters is 1. The predicted molar refractivity (Wildman–Crippen MR) is 82.4 cm³/mol. The van der Waals surface area contributed by atoms with Crippen molar-refractivity contribution in [3.8, 4) is 0 Å². The number of carbonyl (C=O) groups is 1. The molecule has 0 aliphatic carbocycles. The fraction of sp³-hybridized carbons (Fsp3) is 0.857. The molecule has 120 valence electrons. The highest BCUT2D eigenvalue weighted by Gasteiger charge is 2.27. The minimum atomic E-state index is -3.15. The minimum Gasteiger partial charge on any atom is -0.778 e. The molecule has 20 heavy (non-hydrogen) atoms. The van der Waals surface area contributed by atoms with Gasteiger partial charge in [0.15, 0.2) is 0 Å². The summed E-state index contributed by atoms with van der Waals surface area (Å²) >= 11 is 0. The van der Waals surface area contributed by atoms with Crippen molar-refractivity contribution in [1.29, 1.82) is 0 Å². The van der Waals surface area contributed by atoms with Crippen LogP contribution in [0.5, 0.6) is 0 Å². The SMILES string of the molecule is C=S(=O)([O-])CCC[N+](C)(C)CCOC(=O)C(C)(C)CC. The van der Waals surface area contributed by atoms with Crippen LogP contribution in [-0.2, 0) is 19.3 Å². The molecule has 0 bridgehead atoms. The molecule has 0 fully saturated rings. The summed E-state index contributed by atoms with van der Waals surface area (Å²) in [6, 6.07) is 0. The second-order valence-corrected chi connectivity index (χ2v) is 8.45. The standard InChI is InChI=1S/C14H29NO4S/c1-7-14(2,3)13(16)19-11-10-15(4,5)9-8-12-20(6,17)18/h6-12H2,1-5H3. The quantitative estimate of drug-likeness (QED) is 0.366. The van der Waals surface area contributed by atoms with E-state index in [4.69, 9.17) is 4.74 Å². The van der Waals surface area contributed by atoms with Crippen LogP contribution < -0.4 is 0 Å². The van der Waals surface area contributed by atoms with Crippen LogP contribution >= 0.6 is 0 Å². The Hall–Kier alpha value is -0.590. The molecule has 0 rings (SSSR count). The van der Waals surface area contributed by atoms with Gasteiger partial charge in [-0.05, 0) is 20.3 Å². The van der Waals surface area contributed by atoms with Crippen molar-refractivity contribution < 1.29 is 22.8 Å². The van der Waals surface area contributed by atoms with Gasteiger partial charge in [-0.15, -0.1) is 0 Å². The number of nitrogens with zero attached hydrogens (tertiary/aromatic N) is 1. The Morgan fingerprint density at radius 2 is 1.90 bits per heavy atom. The summed E-state index contributed by atoms with van der Waals surface area (Å²) in [5.74, 6) is 3.02. The molecule has 0 aromatic carbocycles. The lowest BCUT2D eigenvalue weighted by Crippen LogP contribution is -2.44. The summed E-state index contributed by atoms with van der Waals surface area (Å²) in [6.07, 6.45) is 1.30. The molecule has 0 heterocycles. The fourth-order valence-electron chi connectivity index (χ4n) is 1.55. The van der Waals surface area contributed by atoms with Crippen molar-refractivity contribution in [3.05, 3.63) is 0 Å². The van der Waals surface area contributed by atoms with E-state index >= 15 is 0 Å². The Balaban J connectivity index is 4.08. The molecular formula is C14H29NO4S. The maximum absolute atomic E-state index is 11.8. The van der Waals surface area contributed by atoms with Crippen LogP contribution in [0.25, 0.3) is 0 Å². The molecule has 0 aliphatic rings. The summed E-state index contributed by atoms with van der Waals surface area (Å²) in [5, 5.41) is 0. The Labute approximate surface area is 123 Å². The van der Waals surface area contributed by atoms with Crippen LogP contribution in [0.1, 0.15) is 33.6 Å². The zero-order valence-electron chi connectivity index (χ0n) is 13.4. The Morgan fingerprint density at radius 1 is 1.35 bits per heavy atom. The van der Waals surface area contributed by atoms with E-state index in [-0.39, 0.29) is 11.7 Å². The zero-order chi connectivity index (χ0) is 16.0. The van der Waals surface area contributed by atoms with Gasteiger partial charge in [-0.25, -0.2) is 0 Å². The molecular weight excluding hydrogens is 278 g/mol. The zero-order valence-corrected chi connectivity index (χ0v) is 14.3. The second kappa shape index (κ2) is 7.43. The van der Waals surface area contributed by atoms with Crippen LogP contribution in [0.2, 0.25) is 0 Å². The topological polar surface area (TPSA) is 66.4 Å². The van der Waals surface area contributed by atoms with Crippen molar-refractivity contribution in [1.82, 2.24) is 0 Å². The molecule has 5 nitrogen and oxygen atoms in total. The lowest BCUT2D eigenvalue weighted by atomic mass is 9.91. The number of hydrogen-bond acceptors (Lipinski definition) is 4. The van der Waals surface area contributed by atoms with Crippen molar-refractivity contribution in [2.24, 2.45) is 5.41 Å². The number of carbonyl (C=O) groups excluding carboxylic acids is 1. The van der Waals surface area contributed by atoms with Gasteiger partial charge in [0.05, 0.1) is 26.1 Å². The predicted octanol–water partition coefficient (Wildman–Crippen LogP) is 1.28. The van der Waals surface area contributed by atoms with Gasteiger partial charge >= 0.3 is 5.97 Å². The summed E-state index contributed by atoms with van der Waals surface area (Å²) < 4.78 is 27.9. The molecule has 0 radical (unpaired) electrons. The van der Waals surface area contributed by atoms with Crippen molar-refractivity contribution in [3.63, 3.8) is 0 Å². The van der Waals surface area contributed by atoms with Crippen LogP contribution in [0.15, 0.2) is 0 Å². The van der Waals surface area contributed by atoms with E-state index < -0.39 is 15.2 Å². The highest BCUT2D eigenvalue weighted by Crippen LogP contribution is 2.21. The van der Waals surface area contributed by atoms with Crippen molar-refractivity contribution in [2.45, 2.75) is 33.6 Å². The van der Waals surface area contributed by atoms with Gasteiger partial charge in [-0.3, -0.25) is 9.00 Å². The van der Waals surface area contributed by atoms with E-state index in [1.165, 1.54) is 0 Å². The number of rotatable bonds is 9. The van der Waals surface area contributed by atoms with Gasteiger partial charge in [0.1, 0.15) is 13.2 Å². The molecule has 1 atom stereocenters. The second-order valence-electron chi connectivity index (χ2n) is 6.56. The highest BCUT2D eigenvalue weighted by molar-refractivity contribution is 7.94. The Kier molecular flexibility index (Phi) is 7.21. The average molecular weight is 307 g/mol. The first-order valence-corrected chi connectivity index (χ1v) is 8.77. The molecule has 0 saturated carbocycles. The summed E-state index contributed by atoms with van der Waals surface area (Å²) in [6.45, 7) is 7.43. The molecule has 0 amide bonds. The lowest BCUT2D eigenvalue weighted by Gasteiger charge is -2.30. The number of ether oxygens (including phenoxy) is 1. The van der Waals surface area contributed by atoms with Gasteiger partial charge in [0, 0.05) is 12.2 Å². The highest BCUT2D eigenvalue weighted by atomic mass is 32.2. The summed E-state index contributed by atoms with van der Waals surface area (Å²) in [5.41, 5.74) is -0.445. The van der Waals surface area contributed by atoms with Crippen molar-refractivity contribution in [2.75, 3.05) is 39.5 Å². The van der Waals surface area contributed by atoms with Gasteiger partial charge < -0.3 is 13.8 Å².